The summed E-state index contributed by atoms with van der Waals surface area (Å²) < 4.78 is 51.6. The zero-order chi connectivity index (χ0) is 21.8. The van der Waals surface area contributed by atoms with E-state index < -0.39 is 23.5 Å². The first-order valence-corrected chi connectivity index (χ1v) is 8.51. The molecule has 0 aliphatic carbocycles. The number of H-pyrrole nitrogens is 1. The maximum Gasteiger partial charge on any atom is 0.575 e. The Balaban J connectivity index is 2.16. The normalized spacial score (nSPS) is 11.9. The van der Waals surface area contributed by atoms with Gasteiger partial charge in [0.15, 0.2) is 0 Å². The van der Waals surface area contributed by atoms with Crippen LogP contribution >= 0.6 is 0 Å². The standard InChI is InChI=1S/C20H12F3NO6/c1-8-7-13(25)24-11-5-3-9-15-12(29-19(27)16(9)14(8)11)6-4-10(17(15)28-2)18(26)30-20(21,22)23/h3-7H,1-2H3,(H,24,25). The van der Waals surface area contributed by atoms with Crippen LogP contribution in [0.4, 0.5) is 13.2 Å². The molecule has 2 heterocycles. The Bertz CT molecular complexity index is 1470. The van der Waals surface area contributed by atoms with Crippen molar-refractivity contribution in [1.82, 2.24) is 4.98 Å². The minimum Gasteiger partial charge on any atom is -0.495 e. The summed E-state index contributed by atoms with van der Waals surface area (Å²) in [6, 6.07) is 6.56. The lowest BCUT2D eigenvalue weighted by atomic mass is 9.99. The molecule has 2 aromatic carbocycles. The number of aryl methyl sites for hydroxylation is 1. The lowest BCUT2D eigenvalue weighted by Gasteiger charge is -2.14. The van der Waals surface area contributed by atoms with E-state index in [1.165, 1.54) is 25.3 Å². The highest BCUT2D eigenvalue weighted by molar-refractivity contribution is 6.18. The number of fused-ring (bicyclic) bond motifs is 5. The molecule has 2 aromatic heterocycles. The first kappa shape index (κ1) is 19.5. The van der Waals surface area contributed by atoms with E-state index in [0.29, 0.717) is 16.5 Å². The van der Waals surface area contributed by atoms with Crippen molar-refractivity contribution in [2.75, 3.05) is 7.11 Å². The van der Waals surface area contributed by atoms with Crippen LogP contribution in [0.5, 0.6) is 5.75 Å². The van der Waals surface area contributed by atoms with Crippen molar-refractivity contribution in [3.63, 3.8) is 0 Å². The molecule has 0 fully saturated rings. The van der Waals surface area contributed by atoms with Crippen LogP contribution in [0.1, 0.15) is 15.9 Å². The SMILES string of the molecule is COc1c(C(=O)OC(F)(F)F)ccc2oc(=O)c3c(ccc4[nH]c(=O)cc(C)c43)c12. The Kier molecular flexibility index (Phi) is 4.30. The summed E-state index contributed by atoms with van der Waals surface area (Å²) in [5, 5.41) is 0.903. The van der Waals surface area contributed by atoms with Gasteiger partial charge in [0.1, 0.15) is 16.9 Å². The third-order valence-corrected chi connectivity index (χ3v) is 4.63. The molecule has 4 aromatic rings. The number of aromatic nitrogens is 1. The van der Waals surface area contributed by atoms with Gasteiger partial charge in [0, 0.05) is 22.4 Å². The second-order valence-electron chi connectivity index (χ2n) is 6.47. The number of alkyl halides is 3. The number of esters is 1. The fraction of sp³-hybridized carbons (Fsp3) is 0.150. The molecule has 0 atom stereocenters. The largest absolute Gasteiger partial charge is 0.575 e. The van der Waals surface area contributed by atoms with Crippen molar-refractivity contribution in [1.29, 1.82) is 0 Å². The van der Waals surface area contributed by atoms with Gasteiger partial charge in [-0.3, -0.25) is 4.79 Å². The molecule has 0 amide bonds. The molecule has 7 nitrogen and oxygen atoms in total. The van der Waals surface area contributed by atoms with E-state index in [1.54, 1.807) is 13.0 Å². The van der Waals surface area contributed by atoms with Crippen molar-refractivity contribution in [3.05, 3.63) is 62.2 Å². The van der Waals surface area contributed by atoms with Gasteiger partial charge in [-0.1, -0.05) is 6.07 Å². The lowest BCUT2D eigenvalue weighted by molar-refractivity contribution is -0.291. The highest BCUT2D eigenvalue weighted by atomic mass is 19.4. The Labute approximate surface area is 164 Å². The number of pyridine rings is 1. The van der Waals surface area contributed by atoms with E-state index in [0.717, 1.165) is 6.07 Å². The van der Waals surface area contributed by atoms with Crippen LogP contribution < -0.4 is 15.9 Å². The van der Waals surface area contributed by atoms with Crippen LogP contribution in [0.2, 0.25) is 0 Å². The predicted octanol–water partition coefficient (Wildman–Crippen LogP) is 3.78. The third-order valence-electron chi connectivity index (χ3n) is 4.63. The van der Waals surface area contributed by atoms with Crippen molar-refractivity contribution < 1.29 is 31.9 Å². The zero-order valence-corrected chi connectivity index (χ0v) is 15.5. The van der Waals surface area contributed by atoms with Crippen molar-refractivity contribution in [2.45, 2.75) is 13.3 Å². The number of carbonyl (C=O) groups is 1. The van der Waals surface area contributed by atoms with E-state index in [9.17, 15) is 27.6 Å². The molecule has 1 N–H and O–H groups in total. The Morgan fingerprint density at radius 2 is 1.80 bits per heavy atom. The van der Waals surface area contributed by atoms with Gasteiger partial charge in [-0.25, -0.2) is 9.59 Å². The molecule has 0 spiro atoms. The van der Waals surface area contributed by atoms with Crippen molar-refractivity contribution >= 4 is 38.6 Å². The van der Waals surface area contributed by atoms with Gasteiger partial charge >= 0.3 is 18.0 Å². The van der Waals surface area contributed by atoms with E-state index in [1.807, 2.05) is 0 Å². The van der Waals surface area contributed by atoms with Gasteiger partial charge in [-0.15, -0.1) is 13.2 Å². The first-order chi connectivity index (χ1) is 14.1. The van der Waals surface area contributed by atoms with E-state index >= 15 is 0 Å². The minimum absolute atomic E-state index is 0.00864. The average molecular weight is 419 g/mol. The first-order valence-electron chi connectivity index (χ1n) is 8.51. The van der Waals surface area contributed by atoms with E-state index in [4.69, 9.17) is 9.15 Å². The molecule has 0 radical (unpaired) electrons. The summed E-state index contributed by atoms with van der Waals surface area (Å²) in [5.74, 6) is -1.90. The molecule has 154 valence electrons. The molecule has 30 heavy (non-hydrogen) atoms. The summed E-state index contributed by atoms with van der Waals surface area (Å²) in [5.41, 5.74) is -0.682. The number of rotatable bonds is 2. The fourth-order valence-corrected chi connectivity index (χ4v) is 3.56. The quantitative estimate of drug-likeness (QED) is 0.302. The number of hydrogen-bond donors (Lipinski definition) is 1. The van der Waals surface area contributed by atoms with Crippen LogP contribution in [-0.4, -0.2) is 24.4 Å². The number of nitrogens with one attached hydrogen (secondary N) is 1. The molecule has 0 unspecified atom stereocenters. The number of ether oxygens (including phenoxy) is 2. The number of halogens is 3. The highest BCUT2D eigenvalue weighted by Crippen LogP contribution is 2.37. The van der Waals surface area contributed by atoms with Gasteiger partial charge in [-0.05, 0) is 30.7 Å². The summed E-state index contributed by atoms with van der Waals surface area (Å²) in [4.78, 5) is 39.1. The summed E-state index contributed by atoms with van der Waals surface area (Å²) in [7, 11) is 1.17. The molecule has 4 rings (SSSR count). The maximum atomic E-state index is 12.7. The second-order valence-corrected chi connectivity index (χ2v) is 6.47. The van der Waals surface area contributed by atoms with Gasteiger partial charge in [0.2, 0.25) is 5.56 Å². The molecule has 0 aliphatic rings. The lowest BCUT2D eigenvalue weighted by Crippen LogP contribution is -2.20. The summed E-state index contributed by atoms with van der Waals surface area (Å²) >= 11 is 0. The number of methoxy groups -OCH3 is 1. The Hall–Kier alpha value is -3.82. The molecule has 0 aliphatic heterocycles. The number of benzene rings is 2. The minimum atomic E-state index is -5.18. The second kappa shape index (κ2) is 6.61. The van der Waals surface area contributed by atoms with Crippen LogP contribution in [0.15, 0.2) is 44.3 Å². The van der Waals surface area contributed by atoms with Crippen LogP contribution in [0, 0.1) is 6.92 Å². The van der Waals surface area contributed by atoms with Gasteiger partial charge < -0.3 is 18.9 Å². The highest BCUT2D eigenvalue weighted by Gasteiger charge is 2.36. The molecule has 0 saturated carbocycles. The topological polar surface area (TPSA) is 98.6 Å². The van der Waals surface area contributed by atoms with E-state index in [-0.39, 0.29) is 33.1 Å². The zero-order valence-electron chi connectivity index (χ0n) is 15.5. The number of aromatic amines is 1. The molecular formula is C20H12F3NO6. The maximum absolute atomic E-state index is 12.7. The van der Waals surface area contributed by atoms with Crippen LogP contribution in [0.25, 0.3) is 32.6 Å². The van der Waals surface area contributed by atoms with Crippen molar-refractivity contribution in [2.24, 2.45) is 0 Å². The van der Waals surface area contributed by atoms with Crippen molar-refractivity contribution in [3.8, 4) is 5.75 Å². The smallest absolute Gasteiger partial charge is 0.495 e. The van der Waals surface area contributed by atoms with Crippen LogP contribution in [0.3, 0.4) is 0 Å². The number of carbonyl (C=O) groups excluding carboxylic acids is 1. The monoisotopic (exact) mass is 419 g/mol. The molecule has 0 bridgehead atoms. The summed E-state index contributed by atoms with van der Waals surface area (Å²) in [6.07, 6.45) is -5.18. The molecular weight excluding hydrogens is 407 g/mol. The van der Waals surface area contributed by atoms with Gasteiger partial charge in [-0.2, -0.15) is 0 Å². The third kappa shape index (κ3) is 3.06. The Morgan fingerprint density at radius 3 is 2.47 bits per heavy atom. The molecule has 10 heteroatoms. The van der Waals surface area contributed by atoms with E-state index in [2.05, 4.69) is 9.72 Å². The number of hydrogen-bond acceptors (Lipinski definition) is 6. The average Bonchev–Trinajstić information content (AvgIpc) is 2.64. The van der Waals surface area contributed by atoms with Gasteiger partial charge in [0.25, 0.3) is 0 Å². The predicted molar refractivity (Wildman–Crippen MR) is 101 cm³/mol. The Morgan fingerprint density at radius 1 is 1.07 bits per heavy atom. The van der Waals surface area contributed by atoms with Gasteiger partial charge in [0.05, 0.1) is 17.9 Å². The fourth-order valence-electron chi connectivity index (χ4n) is 3.56. The van der Waals surface area contributed by atoms with Crippen LogP contribution in [-0.2, 0) is 4.74 Å². The molecule has 0 saturated heterocycles. The summed E-state index contributed by atoms with van der Waals surface area (Å²) in [6.45, 7) is 1.63.